The number of hydrogen-bond donors (Lipinski definition) is 3. The summed E-state index contributed by atoms with van der Waals surface area (Å²) in [5.74, 6) is -3.65. The molecule has 0 saturated heterocycles. The van der Waals surface area contributed by atoms with Crippen molar-refractivity contribution in [3.63, 3.8) is 0 Å². The average Bonchev–Trinajstić information content (AvgIpc) is 2.54. The van der Waals surface area contributed by atoms with Gasteiger partial charge in [0.2, 0.25) is 0 Å². The Morgan fingerprint density at radius 2 is 1.61 bits per heavy atom. The Morgan fingerprint density at radius 1 is 1.09 bits per heavy atom. The van der Waals surface area contributed by atoms with E-state index in [4.69, 9.17) is 24.5 Å². The number of hydrogen-bond acceptors (Lipinski definition) is 5. The molecule has 0 unspecified atom stereocenters. The maximum atomic E-state index is 9.10. The standard InChI is InChI=1S/C14H24N2O.C2H2O4/c1-4-16(5-2)14-8-6-13(7-9-14)12-15-10-11-17-3;3-1(4)2(5)6/h6-9,15H,4-5,10-12H2,1-3H3;(H,3,4)(H,5,6). The van der Waals surface area contributed by atoms with Gasteiger partial charge in [0.1, 0.15) is 0 Å². The minimum absolute atomic E-state index is 0.761. The van der Waals surface area contributed by atoms with Crippen molar-refractivity contribution in [3.05, 3.63) is 29.8 Å². The highest BCUT2D eigenvalue weighted by Gasteiger charge is 2.04. The molecule has 0 heterocycles. The number of benzene rings is 1. The molecule has 0 aliphatic carbocycles. The lowest BCUT2D eigenvalue weighted by Gasteiger charge is -2.21. The smallest absolute Gasteiger partial charge is 0.414 e. The third-order valence-electron chi connectivity index (χ3n) is 3.06. The average molecular weight is 326 g/mol. The predicted octanol–water partition coefficient (Wildman–Crippen LogP) is 1.42. The molecule has 0 radical (unpaired) electrons. The SMILES string of the molecule is CCN(CC)c1ccc(CNCCOC)cc1.O=C(O)C(=O)O. The molecule has 7 nitrogen and oxygen atoms in total. The van der Waals surface area contributed by atoms with Crippen molar-refractivity contribution in [1.82, 2.24) is 5.32 Å². The number of carboxylic acid groups (broad SMARTS) is 2. The molecule has 130 valence electrons. The molecule has 0 bridgehead atoms. The van der Waals surface area contributed by atoms with Gasteiger partial charge in [-0.15, -0.1) is 0 Å². The molecule has 0 saturated carbocycles. The zero-order valence-corrected chi connectivity index (χ0v) is 13.9. The molecular formula is C16H26N2O5. The van der Waals surface area contributed by atoms with Crippen LogP contribution in [-0.2, 0) is 20.9 Å². The fourth-order valence-corrected chi connectivity index (χ4v) is 1.82. The molecule has 0 amide bonds. The molecule has 0 spiro atoms. The second-order valence-corrected chi connectivity index (χ2v) is 4.62. The van der Waals surface area contributed by atoms with E-state index in [0.29, 0.717) is 0 Å². The van der Waals surface area contributed by atoms with Crippen LogP contribution >= 0.6 is 0 Å². The molecular weight excluding hydrogens is 300 g/mol. The topological polar surface area (TPSA) is 99.1 Å². The van der Waals surface area contributed by atoms with Crippen LogP contribution in [0.15, 0.2) is 24.3 Å². The first-order chi connectivity index (χ1) is 11.0. The normalized spacial score (nSPS) is 9.70. The van der Waals surface area contributed by atoms with Gasteiger partial charge < -0.3 is 25.2 Å². The van der Waals surface area contributed by atoms with Gasteiger partial charge in [-0.05, 0) is 31.5 Å². The van der Waals surface area contributed by atoms with Gasteiger partial charge in [-0.3, -0.25) is 0 Å². The molecule has 7 heteroatoms. The molecule has 1 aromatic rings. The summed E-state index contributed by atoms with van der Waals surface area (Å²) in [5.41, 5.74) is 2.62. The van der Waals surface area contributed by atoms with Crippen molar-refractivity contribution in [3.8, 4) is 0 Å². The molecule has 1 aromatic carbocycles. The summed E-state index contributed by atoms with van der Waals surface area (Å²) < 4.78 is 4.99. The lowest BCUT2D eigenvalue weighted by atomic mass is 10.2. The van der Waals surface area contributed by atoms with E-state index >= 15 is 0 Å². The summed E-state index contributed by atoms with van der Waals surface area (Å²) >= 11 is 0. The first kappa shape index (κ1) is 20.9. The van der Waals surface area contributed by atoms with Crippen LogP contribution in [0.1, 0.15) is 19.4 Å². The number of nitrogens with one attached hydrogen (secondary N) is 1. The lowest BCUT2D eigenvalue weighted by molar-refractivity contribution is -0.159. The van der Waals surface area contributed by atoms with Crippen LogP contribution in [-0.4, -0.2) is 55.5 Å². The van der Waals surface area contributed by atoms with Gasteiger partial charge >= 0.3 is 11.9 Å². The van der Waals surface area contributed by atoms with E-state index in [9.17, 15) is 0 Å². The number of anilines is 1. The summed E-state index contributed by atoms with van der Waals surface area (Å²) in [6.07, 6.45) is 0. The Kier molecular flexibility index (Phi) is 11.3. The Morgan fingerprint density at radius 3 is 2.00 bits per heavy atom. The first-order valence-corrected chi connectivity index (χ1v) is 7.45. The van der Waals surface area contributed by atoms with E-state index in [1.807, 2.05) is 0 Å². The number of nitrogens with zero attached hydrogens (tertiary/aromatic N) is 1. The van der Waals surface area contributed by atoms with Crippen LogP contribution < -0.4 is 10.2 Å². The van der Waals surface area contributed by atoms with Crippen molar-refractivity contribution in [2.45, 2.75) is 20.4 Å². The Labute approximate surface area is 136 Å². The van der Waals surface area contributed by atoms with Gasteiger partial charge in [0, 0.05) is 39.0 Å². The van der Waals surface area contributed by atoms with E-state index in [1.165, 1.54) is 11.3 Å². The fourth-order valence-electron chi connectivity index (χ4n) is 1.82. The second kappa shape index (κ2) is 12.4. The number of carbonyl (C=O) groups is 2. The highest BCUT2D eigenvalue weighted by atomic mass is 16.5. The molecule has 3 N–H and O–H groups in total. The van der Waals surface area contributed by atoms with E-state index in [-0.39, 0.29) is 0 Å². The van der Waals surface area contributed by atoms with Gasteiger partial charge in [-0.1, -0.05) is 12.1 Å². The summed E-state index contributed by atoms with van der Waals surface area (Å²) in [6.45, 7) is 9.05. The van der Waals surface area contributed by atoms with Crippen molar-refractivity contribution in [2.24, 2.45) is 0 Å². The highest BCUT2D eigenvalue weighted by Crippen LogP contribution is 2.14. The monoisotopic (exact) mass is 326 g/mol. The largest absolute Gasteiger partial charge is 0.473 e. The fraction of sp³-hybridized carbons (Fsp3) is 0.500. The molecule has 0 fully saturated rings. The number of methoxy groups -OCH3 is 1. The zero-order chi connectivity index (χ0) is 17.7. The number of aliphatic carboxylic acids is 2. The van der Waals surface area contributed by atoms with Crippen molar-refractivity contribution < 1.29 is 24.5 Å². The van der Waals surface area contributed by atoms with Gasteiger partial charge in [0.15, 0.2) is 0 Å². The lowest BCUT2D eigenvalue weighted by Crippen LogP contribution is -2.22. The molecule has 0 aliphatic rings. The first-order valence-electron chi connectivity index (χ1n) is 7.45. The molecule has 0 aromatic heterocycles. The maximum absolute atomic E-state index is 9.10. The van der Waals surface area contributed by atoms with Crippen LogP contribution in [0.4, 0.5) is 5.69 Å². The van der Waals surface area contributed by atoms with Gasteiger partial charge in [-0.2, -0.15) is 0 Å². The zero-order valence-electron chi connectivity index (χ0n) is 13.9. The minimum Gasteiger partial charge on any atom is -0.473 e. The van der Waals surface area contributed by atoms with Crippen LogP contribution in [0.2, 0.25) is 0 Å². The van der Waals surface area contributed by atoms with Crippen LogP contribution in [0.3, 0.4) is 0 Å². The Hall–Kier alpha value is -2.12. The Balaban J connectivity index is 0.000000688. The summed E-state index contributed by atoms with van der Waals surface area (Å²) in [5, 5.41) is 18.1. The van der Waals surface area contributed by atoms with Crippen molar-refractivity contribution in [1.29, 1.82) is 0 Å². The number of rotatable bonds is 8. The molecule has 23 heavy (non-hydrogen) atoms. The van der Waals surface area contributed by atoms with Crippen LogP contribution in [0.5, 0.6) is 0 Å². The van der Waals surface area contributed by atoms with Crippen LogP contribution in [0.25, 0.3) is 0 Å². The maximum Gasteiger partial charge on any atom is 0.414 e. The van der Waals surface area contributed by atoms with Crippen LogP contribution in [0, 0.1) is 0 Å². The molecule has 1 rings (SSSR count). The predicted molar refractivity (Wildman–Crippen MR) is 88.9 cm³/mol. The van der Waals surface area contributed by atoms with E-state index < -0.39 is 11.9 Å². The second-order valence-electron chi connectivity index (χ2n) is 4.62. The summed E-state index contributed by atoms with van der Waals surface area (Å²) in [7, 11) is 1.72. The third kappa shape index (κ3) is 9.49. The Bertz CT molecular complexity index is 446. The summed E-state index contributed by atoms with van der Waals surface area (Å²) in [6, 6.07) is 8.77. The van der Waals surface area contributed by atoms with Crippen molar-refractivity contribution >= 4 is 17.6 Å². The number of ether oxygens (including phenoxy) is 1. The van der Waals surface area contributed by atoms with Gasteiger partial charge in [0.25, 0.3) is 0 Å². The summed E-state index contributed by atoms with van der Waals surface area (Å²) in [4.78, 5) is 20.5. The molecule has 0 aliphatic heterocycles. The molecule has 0 atom stereocenters. The number of carboxylic acids is 2. The van der Waals surface area contributed by atoms with E-state index in [0.717, 1.165) is 32.8 Å². The van der Waals surface area contributed by atoms with Gasteiger partial charge in [0.05, 0.1) is 6.61 Å². The minimum atomic E-state index is -1.82. The van der Waals surface area contributed by atoms with Crippen molar-refractivity contribution in [2.75, 3.05) is 38.3 Å². The van der Waals surface area contributed by atoms with E-state index in [1.54, 1.807) is 7.11 Å². The highest BCUT2D eigenvalue weighted by molar-refractivity contribution is 6.27. The third-order valence-corrected chi connectivity index (χ3v) is 3.06. The van der Waals surface area contributed by atoms with E-state index in [2.05, 4.69) is 48.3 Å². The quantitative estimate of drug-likeness (QED) is 0.491. The van der Waals surface area contributed by atoms with Gasteiger partial charge in [-0.25, -0.2) is 9.59 Å².